The minimum Gasteiger partial charge on any atom is -0.481 e. The number of aliphatic carboxylic acids is 1. The van der Waals surface area contributed by atoms with Gasteiger partial charge in [0.25, 0.3) is 0 Å². The molecule has 2 aromatic rings. The highest BCUT2D eigenvalue weighted by atomic mass is 16.6. The van der Waals surface area contributed by atoms with E-state index in [0.717, 1.165) is 11.1 Å². The van der Waals surface area contributed by atoms with Crippen LogP contribution in [-0.4, -0.2) is 71.4 Å². The Morgan fingerprint density at radius 3 is 1.76 bits per heavy atom. The molecule has 5 atom stereocenters. The zero-order chi connectivity index (χ0) is 26.8. The summed E-state index contributed by atoms with van der Waals surface area (Å²) in [5.74, 6) is -1.68. The number of carbonyl (C=O) groups is 3. The third-order valence-corrected chi connectivity index (χ3v) is 8.83. The number of hydrogen-bond acceptors (Lipinski definition) is 5. The zero-order valence-electron chi connectivity index (χ0n) is 22.0. The maximum Gasteiger partial charge on any atom is 0.410 e. The SMILES string of the molecule is CC(C)(C)OC(=O)N1C[C@@H]2[C@@H]3CN(C(=O)OCC4c5ccccc5-c5ccccc54)C[C@@H]3C(C(=O)O)[C@@H]2C1. The van der Waals surface area contributed by atoms with E-state index in [2.05, 4.69) is 24.3 Å². The Morgan fingerprint density at radius 2 is 1.26 bits per heavy atom. The van der Waals surface area contributed by atoms with Gasteiger partial charge in [-0.3, -0.25) is 4.79 Å². The van der Waals surface area contributed by atoms with Crippen LogP contribution in [0.3, 0.4) is 0 Å². The molecule has 2 aliphatic heterocycles. The van der Waals surface area contributed by atoms with Crippen LogP contribution in [-0.2, 0) is 14.3 Å². The van der Waals surface area contributed by atoms with Crippen LogP contribution in [0.4, 0.5) is 9.59 Å². The van der Waals surface area contributed by atoms with Gasteiger partial charge in [0.05, 0.1) is 5.92 Å². The predicted octanol–water partition coefficient (Wildman–Crippen LogP) is 4.68. The Morgan fingerprint density at radius 1 is 0.789 bits per heavy atom. The van der Waals surface area contributed by atoms with Crippen LogP contribution < -0.4 is 0 Å². The van der Waals surface area contributed by atoms with Crippen LogP contribution in [0.2, 0.25) is 0 Å². The van der Waals surface area contributed by atoms with Crippen LogP contribution >= 0.6 is 0 Å². The summed E-state index contributed by atoms with van der Waals surface area (Å²) in [6, 6.07) is 16.4. The number of benzene rings is 2. The summed E-state index contributed by atoms with van der Waals surface area (Å²) < 4.78 is 11.4. The second kappa shape index (κ2) is 9.03. The molecule has 2 amide bonds. The van der Waals surface area contributed by atoms with Gasteiger partial charge in [0, 0.05) is 32.1 Å². The lowest BCUT2D eigenvalue weighted by Crippen LogP contribution is -2.38. The highest BCUT2D eigenvalue weighted by Crippen LogP contribution is 2.53. The van der Waals surface area contributed by atoms with E-state index < -0.39 is 29.7 Å². The highest BCUT2D eigenvalue weighted by molar-refractivity contribution is 5.79. The molecule has 1 N–H and O–H groups in total. The van der Waals surface area contributed by atoms with E-state index in [1.165, 1.54) is 11.1 Å². The highest BCUT2D eigenvalue weighted by Gasteiger charge is 2.61. The first-order chi connectivity index (χ1) is 18.1. The molecule has 8 nitrogen and oxygen atoms in total. The first kappa shape index (κ1) is 24.8. The second-order valence-corrected chi connectivity index (χ2v) is 12.1. The molecule has 2 saturated heterocycles. The van der Waals surface area contributed by atoms with E-state index in [4.69, 9.17) is 9.47 Å². The minimum absolute atomic E-state index is 0.0222. The zero-order valence-corrected chi connectivity index (χ0v) is 22.0. The number of nitrogens with zero attached hydrogens (tertiary/aromatic N) is 2. The van der Waals surface area contributed by atoms with Crippen molar-refractivity contribution in [2.24, 2.45) is 29.6 Å². The van der Waals surface area contributed by atoms with Gasteiger partial charge in [-0.15, -0.1) is 0 Å². The van der Waals surface area contributed by atoms with Gasteiger partial charge in [0.1, 0.15) is 12.2 Å². The Balaban J connectivity index is 1.14. The minimum atomic E-state index is -0.854. The van der Waals surface area contributed by atoms with Gasteiger partial charge in [-0.2, -0.15) is 0 Å². The molecule has 0 spiro atoms. The molecule has 4 aliphatic rings. The van der Waals surface area contributed by atoms with Crippen molar-refractivity contribution < 1.29 is 29.0 Å². The number of fused-ring (bicyclic) bond motifs is 6. The lowest BCUT2D eigenvalue weighted by Gasteiger charge is -2.26. The Kier molecular flexibility index (Phi) is 5.89. The third kappa shape index (κ3) is 4.10. The Labute approximate surface area is 222 Å². The molecule has 38 heavy (non-hydrogen) atoms. The van der Waals surface area contributed by atoms with Gasteiger partial charge in [-0.1, -0.05) is 48.5 Å². The number of hydrogen-bond donors (Lipinski definition) is 1. The largest absolute Gasteiger partial charge is 0.481 e. The van der Waals surface area contributed by atoms with Crippen LogP contribution in [0.25, 0.3) is 11.1 Å². The van der Waals surface area contributed by atoms with E-state index in [0.29, 0.717) is 26.2 Å². The monoisotopic (exact) mass is 518 g/mol. The van der Waals surface area contributed by atoms with Crippen molar-refractivity contribution in [3.8, 4) is 11.1 Å². The van der Waals surface area contributed by atoms with Crippen LogP contribution in [0, 0.1) is 29.6 Å². The Bertz CT molecular complexity index is 1240. The summed E-state index contributed by atoms with van der Waals surface area (Å²) in [4.78, 5) is 41.6. The molecule has 0 bridgehead atoms. The molecule has 0 aromatic heterocycles. The molecule has 1 saturated carbocycles. The van der Waals surface area contributed by atoms with Crippen molar-refractivity contribution in [3.63, 3.8) is 0 Å². The second-order valence-electron chi connectivity index (χ2n) is 12.1. The summed E-state index contributed by atoms with van der Waals surface area (Å²) in [7, 11) is 0. The van der Waals surface area contributed by atoms with Crippen molar-refractivity contribution in [2.45, 2.75) is 32.3 Å². The van der Waals surface area contributed by atoms with E-state index >= 15 is 0 Å². The summed E-state index contributed by atoms with van der Waals surface area (Å²) >= 11 is 0. The van der Waals surface area contributed by atoms with Gasteiger partial charge in [-0.05, 0) is 66.7 Å². The molecule has 2 heterocycles. The summed E-state index contributed by atoms with van der Waals surface area (Å²) in [5.41, 5.74) is 4.04. The lowest BCUT2D eigenvalue weighted by molar-refractivity contribution is -0.144. The molecular formula is C30H34N2O6. The van der Waals surface area contributed by atoms with Crippen molar-refractivity contribution in [2.75, 3.05) is 32.8 Å². The first-order valence-electron chi connectivity index (χ1n) is 13.4. The fraction of sp³-hybridized carbons (Fsp3) is 0.500. The van der Waals surface area contributed by atoms with E-state index in [9.17, 15) is 19.5 Å². The molecule has 200 valence electrons. The summed E-state index contributed by atoms with van der Waals surface area (Å²) in [6.45, 7) is 7.37. The van der Waals surface area contributed by atoms with Gasteiger partial charge in [-0.25, -0.2) is 9.59 Å². The van der Waals surface area contributed by atoms with Gasteiger partial charge in [0.2, 0.25) is 0 Å². The van der Waals surface area contributed by atoms with Crippen LogP contribution in [0.15, 0.2) is 48.5 Å². The molecule has 0 radical (unpaired) electrons. The number of ether oxygens (including phenoxy) is 2. The maximum atomic E-state index is 13.2. The fourth-order valence-electron chi connectivity index (χ4n) is 7.37. The van der Waals surface area contributed by atoms with Crippen LogP contribution in [0.5, 0.6) is 0 Å². The average Bonchev–Trinajstić information content (AvgIpc) is 3.60. The average molecular weight is 519 g/mol. The summed E-state index contributed by atoms with van der Waals surface area (Å²) in [5, 5.41) is 10.1. The van der Waals surface area contributed by atoms with Crippen molar-refractivity contribution in [3.05, 3.63) is 59.7 Å². The number of carbonyl (C=O) groups excluding carboxylic acids is 2. The molecule has 1 unspecified atom stereocenters. The number of likely N-dealkylation sites (tertiary alicyclic amines) is 2. The molecule has 6 rings (SSSR count). The third-order valence-electron chi connectivity index (χ3n) is 8.83. The van der Waals surface area contributed by atoms with Gasteiger partial charge in [0.15, 0.2) is 0 Å². The normalized spacial score (nSPS) is 27.5. The Hall–Kier alpha value is -3.55. The van der Waals surface area contributed by atoms with Gasteiger partial charge < -0.3 is 24.4 Å². The van der Waals surface area contributed by atoms with Gasteiger partial charge >= 0.3 is 18.2 Å². The summed E-state index contributed by atoms with van der Waals surface area (Å²) in [6.07, 6.45) is -0.803. The topological polar surface area (TPSA) is 96.4 Å². The van der Waals surface area contributed by atoms with E-state index in [-0.39, 0.29) is 36.2 Å². The van der Waals surface area contributed by atoms with E-state index in [1.54, 1.807) is 9.80 Å². The maximum absolute atomic E-state index is 13.2. The van der Waals surface area contributed by atoms with Crippen LogP contribution in [0.1, 0.15) is 37.8 Å². The molecule has 8 heteroatoms. The fourth-order valence-corrected chi connectivity index (χ4v) is 7.37. The standard InChI is InChI=1S/C30H34N2O6/c1-30(2,3)38-29(36)32-13-22-21-12-31(14-23(21)26(27(33)34)24(22)15-32)28(35)37-16-25-19-10-6-4-8-17(19)18-9-5-7-11-20(18)25/h4-11,21-26H,12-16H2,1-3H3,(H,33,34)/t21-,22+,23-,24+,26?/m0/s1. The molecular weight excluding hydrogens is 484 g/mol. The number of carboxylic acid groups (broad SMARTS) is 1. The molecule has 3 fully saturated rings. The molecule has 2 aromatic carbocycles. The quantitative estimate of drug-likeness (QED) is 0.634. The van der Waals surface area contributed by atoms with E-state index in [1.807, 2.05) is 45.0 Å². The first-order valence-corrected chi connectivity index (χ1v) is 13.4. The molecule has 2 aliphatic carbocycles. The van der Waals surface area contributed by atoms with Crippen molar-refractivity contribution >= 4 is 18.2 Å². The van der Waals surface area contributed by atoms with Crippen molar-refractivity contribution in [1.29, 1.82) is 0 Å². The number of carboxylic acids is 1. The smallest absolute Gasteiger partial charge is 0.410 e. The lowest BCUT2D eigenvalue weighted by atomic mass is 9.88. The number of amides is 2. The van der Waals surface area contributed by atoms with Crippen molar-refractivity contribution in [1.82, 2.24) is 9.80 Å². The number of rotatable bonds is 3. The predicted molar refractivity (Wildman–Crippen MR) is 140 cm³/mol.